The van der Waals surface area contributed by atoms with Gasteiger partial charge in [-0.25, -0.2) is 13.1 Å². The van der Waals surface area contributed by atoms with Crippen LogP contribution in [0.25, 0.3) is 0 Å². The molecule has 0 bridgehead atoms. The summed E-state index contributed by atoms with van der Waals surface area (Å²) in [6, 6.07) is 2.80. The van der Waals surface area contributed by atoms with Gasteiger partial charge >= 0.3 is 0 Å². The number of benzene rings is 1. The van der Waals surface area contributed by atoms with Crippen LogP contribution in [0.15, 0.2) is 21.5 Å². The van der Waals surface area contributed by atoms with E-state index >= 15 is 0 Å². The Morgan fingerprint density at radius 3 is 2.63 bits per heavy atom. The van der Waals surface area contributed by atoms with Crippen LogP contribution < -0.4 is 15.2 Å². The zero-order valence-electron chi connectivity index (χ0n) is 10.5. The van der Waals surface area contributed by atoms with Gasteiger partial charge in [-0.2, -0.15) is 0 Å². The summed E-state index contributed by atoms with van der Waals surface area (Å²) in [7, 11) is -3.44. The lowest BCUT2D eigenvalue weighted by atomic mass is 10.3. The van der Waals surface area contributed by atoms with Gasteiger partial charge in [0, 0.05) is 39.5 Å². The van der Waals surface area contributed by atoms with Gasteiger partial charge in [-0.3, -0.25) is 4.21 Å². The van der Waals surface area contributed by atoms with Crippen molar-refractivity contribution in [3.05, 3.63) is 16.6 Å². The summed E-state index contributed by atoms with van der Waals surface area (Å²) in [5, 5.41) is 0. The number of rotatable bonds is 6. The number of ether oxygens (including phenoxy) is 1. The summed E-state index contributed by atoms with van der Waals surface area (Å²) in [6.07, 6.45) is 1.51. The van der Waals surface area contributed by atoms with E-state index < -0.39 is 20.8 Å². The topological polar surface area (TPSA) is 98.5 Å². The Labute approximate surface area is 123 Å². The molecule has 0 aliphatic carbocycles. The van der Waals surface area contributed by atoms with E-state index in [4.69, 9.17) is 10.5 Å². The second kappa shape index (κ2) is 6.69. The molecule has 1 rings (SSSR count). The van der Waals surface area contributed by atoms with Crippen LogP contribution in [0.3, 0.4) is 0 Å². The van der Waals surface area contributed by atoms with Gasteiger partial charge in [0.15, 0.2) is 0 Å². The molecule has 6 nitrogen and oxygen atoms in total. The Morgan fingerprint density at radius 2 is 2.11 bits per heavy atom. The van der Waals surface area contributed by atoms with E-state index in [0.717, 1.165) is 0 Å². The van der Waals surface area contributed by atoms with Gasteiger partial charge in [0.2, 0.25) is 10.0 Å². The molecule has 108 valence electrons. The van der Waals surface area contributed by atoms with Gasteiger partial charge in [0.1, 0.15) is 10.6 Å². The lowest BCUT2D eigenvalue weighted by molar-refractivity contribution is 0.402. The first-order valence-corrected chi connectivity index (χ1v) is 9.21. The molecule has 1 aromatic rings. The first-order chi connectivity index (χ1) is 8.77. The molecule has 0 spiro atoms. The largest absolute Gasteiger partial charge is 0.495 e. The maximum Gasteiger partial charge on any atom is 0.244 e. The van der Waals surface area contributed by atoms with Crippen LogP contribution in [-0.4, -0.2) is 38.3 Å². The molecule has 1 aromatic carbocycles. The maximum absolute atomic E-state index is 12.1. The van der Waals surface area contributed by atoms with Gasteiger partial charge in [-0.1, -0.05) is 0 Å². The van der Waals surface area contributed by atoms with E-state index in [1.807, 2.05) is 0 Å². The lowest BCUT2D eigenvalue weighted by Crippen LogP contribution is -2.28. The highest BCUT2D eigenvalue weighted by Gasteiger charge is 2.20. The van der Waals surface area contributed by atoms with Crippen molar-refractivity contribution in [3.63, 3.8) is 0 Å². The number of methoxy groups -OCH3 is 1. The Balaban J connectivity index is 3.06. The minimum Gasteiger partial charge on any atom is -0.495 e. The highest BCUT2D eigenvalue weighted by molar-refractivity contribution is 9.10. The normalized spacial score (nSPS) is 13.2. The predicted molar refractivity (Wildman–Crippen MR) is 79.2 cm³/mol. The van der Waals surface area contributed by atoms with Gasteiger partial charge in [0.25, 0.3) is 0 Å². The quantitative estimate of drug-likeness (QED) is 0.718. The third-order valence-electron chi connectivity index (χ3n) is 2.25. The molecule has 0 saturated heterocycles. The highest BCUT2D eigenvalue weighted by Crippen LogP contribution is 2.32. The molecule has 0 aromatic heterocycles. The number of halogens is 1. The average Bonchev–Trinajstić information content (AvgIpc) is 2.31. The Hall–Kier alpha value is -0.640. The van der Waals surface area contributed by atoms with Crippen molar-refractivity contribution >= 4 is 42.4 Å². The summed E-state index contributed by atoms with van der Waals surface area (Å²) in [6.45, 7) is 0.0879. The van der Waals surface area contributed by atoms with Crippen LogP contribution in [-0.2, 0) is 20.8 Å². The Morgan fingerprint density at radius 1 is 1.47 bits per heavy atom. The second-order valence-corrected chi connectivity index (χ2v) is 7.84. The smallest absolute Gasteiger partial charge is 0.244 e. The van der Waals surface area contributed by atoms with Crippen LogP contribution in [0.2, 0.25) is 0 Å². The second-order valence-electron chi connectivity index (χ2n) is 3.70. The van der Waals surface area contributed by atoms with Gasteiger partial charge in [0.05, 0.1) is 7.11 Å². The lowest BCUT2D eigenvalue weighted by Gasteiger charge is -2.12. The Bertz CT molecular complexity index is 589. The molecule has 3 N–H and O–H groups in total. The van der Waals surface area contributed by atoms with Crippen LogP contribution in [0, 0.1) is 0 Å². The summed E-state index contributed by atoms with van der Waals surface area (Å²) in [5.74, 6) is 0.430. The fourth-order valence-electron chi connectivity index (χ4n) is 1.32. The minimum atomic E-state index is -3.75. The van der Waals surface area contributed by atoms with Gasteiger partial charge in [-0.15, -0.1) is 0 Å². The van der Waals surface area contributed by atoms with E-state index in [0.29, 0.717) is 10.2 Å². The molecule has 0 fully saturated rings. The van der Waals surface area contributed by atoms with E-state index in [2.05, 4.69) is 20.7 Å². The number of hydrogen-bond acceptors (Lipinski definition) is 5. The maximum atomic E-state index is 12.1. The number of anilines is 1. The molecule has 0 aliphatic rings. The van der Waals surface area contributed by atoms with Crippen molar-refractivity contribution in [1.82, 2.24) is 4.72 Å². The first kappa shape index (κ1) is 16.4. The molecule has 19 heavy (non-hydrogen) atoms. The first-order valence-electron chi connectivity index (χ1n) is 5.20. The summed E-state index contributed by atoms with van der Waals surface area (Å²) in [5.41, 5.74) is 5.97. The molecule has 0 radical (unpaired) electrons. The average molecular weight is 371 g/mol. The Kier molecular flexibility index (Phi) is 5.78. The number of hydrogen-bond donors (Lipinski definition) is 2. The van der Waals surface area contributed by atoms with Gasteiger partial charge in [-0.05, 0) is 28.1 Å². The zero-order chi connectivity index (χ0) is 14.6. The fourth-order valence-corrected chi connectivity index (χ4v) is 3.37. The third kappa shape index (κ3) is 4.44. The summed E-state index contributed by atoms with van der Waals surface area (Å²) >= 11 is 3.20. The number of nitrogen functional groups attached to an aromatic ring is 1. The standard InChI is InChI=1S/C10H15BrN2O4S2/c1-17-9-5-7(11)8(12)6-10(9)19(15,16)13-3-4-18(2)14/h5-6,13H,3-4,12H2,1-2H3. The predicted octanol–water partition coefficient (Wildman–Crippen LogP) is 0.697. The van der Waals surface area contributed by atoms with Crippen molar-refractivity contribution in [2.75, 3.05) is 31.4 Å². The van der Waals surface area contributed by atoms with Gasteiger partial charge < -0.3 is 10.5 Å². The van der Waals surface area contributed by atoms with Crippen molar-refractivity contribution in [3.8, 4) is 5.75 Å². The molecule has 0 saturated carbocycles. The van der Waals surface area contributed by atoms with Crippen molar-refractivity contribution < 1.29 is 17.4 Å². The molecule has 0 amide bonds. The summed E-state index contributed by atoms with van der Waals surface area (Å²) < 4.78 is 43.0. The third-order valence-corrected chi connectivity index (χ3v) is 5.20. The molecular weight excluding hydrogens is 356 g/mol. The zero-order valence-corrected chi connectivity index (χ0v) is 13.7. The van der Waals surface area contributed by atoms with Crippen LogP contribution in [0.5, 0.6) is 5.75 Å². The van der Waals surface area contributed by atoms with Crippen molar-refractivity contribution in [1.29, 1.82) is 0 Å². The number of nitrogens with one attached hydrogen (secondary N) is 1. The van der Waals surface area contributed by atoms with Crippen LogP contribution in [0.4, 0.5) is 5.69 Å². The highest BCUT2D eigenvalue weighted by atomic mass is 79.9. The number of sulfonamides is 1. The monoisotopic (exact) mass is 370 g/mol. The minimum absolute atomic E-state index is 0.0439. The summed E-state index contributed by atoms with van der Waals surface area (Å²) in [4.78, 5) is -0.0439. The fraction of sp³-hybridized carbons (Fsp3) is 0.400. The van der Waals surface area contributed by atoms with E-state index in [-0.39, 0.29) is 22.9 Å². The van der Waals surface area contributed by atoms with Crippen molar-refractivity contribution in [2.45, 2.75) is 4.90 Å². The van der Waals surface area contributed by atoms with E-state index in [1.165, 1.54) is 25.5 Å². The van der Waals surface area contributed by atoms with Crippen molar-refractivity contribution in [2.24, 2.45) is 0 Å². The molecular formula is C10H15BrN2O4S2. The van der Waals surface area contributed by atoms with Crippen LogP contribution >= 0.6 is 15.9 Å². The molecule has 1 unspecified atom stereocenters. The number of nitrogens with two attached hydrogens (primary N) is 1. The SMILES string of the molecule is COc1cc(Br)c(N)cc1S(=O)(=O)NCCS(C)=O. The molecule has 1 atom stereocenters. The molecule has 9 heteroatoms. The van der Waals surface area contributed by atoms with Crippen LogP contribution in [0.1, 0.15) is 0 Å². The van der Waals surface area contributed by atoms with E-state index in [1.54, 1.807) is 0 Å². The molecule has 0 heterocycles. The van der Waals surface area contributed by atoms with E-state index in [9.17, 15) is 12.6 Å². The molecule has 0 aliphatic heterocycles.